The Bertz CT molecular complexity index is 1070. The first-order chi connectivity index (χ1) is 14.0. The number of hydrogen-bond donors (Lipinski definition) is 2. The summed E-state index contributed by atoms with van der Waals surface area (Å²) in [6.45, 7) is 4.75. The van der Waals surface area contributed by atoms with Crippen LogP contribution >= 0.6 is 0 Å². The molecule has 2 N–H and O–H groups in total. The number of carbonyl (C=O) groups is 1. The lowest BCUT2D eigenvalue weighted by Crippen LogP contribution is -2.21. The average molecular weight is 392 g/mol. The zero-order chi connectivity index (χ0) is 20.6. The van der Waals surface area contributed by atoms with Crippen LogP contribution in [0.4, 0.5) is 0 Å². The number of aromatic amines is 1. The highest BCUT2D eigenvalue weighted by Crippen LogP contribution is 2.16. The van der Waals surface area contributed by atoms with Crippen LogP contribution in [0.1, 0.15) is 31.5 Å². The van der Waals surface area contributed by atoms with Gasteiger partial charge in [0.05, 0.1) is 23.9 Å². The molecule has 7 heteroatoms. The number of amides is 1. The van der Waals surface area contributed by atoms with Gasteiger partial charge in [-0.25, -0.2) is 10.4 Å². The van der Waals surface area contributed by atoms with E-state index in [0.717, 1.165) is 5.56 Å². The van der Waals surface area contributed by atoms with E-state index in [-0.39, 0.29) is 24.3 Å². The number of benzene rings is 2. The highest BCUT2D eigenvalue weighted by atomic mass is 16.5. The number of hydrogen-bond acceptors (Lipinski definition) is 5. The third-order valence-electron chi connectivity index (χ3n) is 4.14. The largest absolute Gasteiger partial charge is 0.493 e. The van der Waals surface area contributed by atoms with Crippen LogP contribution in [-0.4, -0.2) is 28.7 Å². The van der Waals surface area contributed by atoms with E-state index in [0.29, 0.717) is 35.0 Å². The van der Waals surface area contributed by atoms with Crippen LogP contribution in [0.3, 0.4) is 0 Å². The van der Waals surface area contributed by atoms with Crippen molar-refractivity contribution in [3.05, 3.63) is 70.1 Å². The van der Waals surface area contributed by atoms with E-state index < -0.39 is 0 Å². The first-order valence-electron chi connectivity index (χ1n) is 9.54. The van der Waals surface area contributed by atoms with Gasteiger partial charge in [0.2, 0.25) is 5.91 Å². The number of nitrogens with zero attached hydrogens (tertiary/aromatic N) is 2. The van der Waals surface area contributed by atoms with Crippen molar-refractivity contribution in [3.63, 3.8) is 0 Å². The Balaban J connectivity index is 1.57. The minimum atomic E-state index is -0.295. The molecule has 1 aromatic heterocycles. The number of hydrazone groups is 1. The molecule has 7 nitrogen and oxygen atoms in total. The lowest BCUT2D eigenvalue weighted by atomic mass is 10.2. The van der Waals surface area contributed by atoms with Gasteiger partial charge in [-0.3, -0.25) is 9.59 Å². The van der Waals surface area contributed by atoms with Crippen molar-refractivity contribution in [1.29, 1.82) is 0 Å². The van der Waals surface area contributed by atoms with E-state index in [2.05, 4.69) is 34.3 Å². The summed E-state index contributed by atoms with van der Waals surface area (Å²) >= 11 is 0. The predicted octanol–water partition coefficient (Wildman–Crippen LogP) is 3.04. The number of rotatable bonds is 8. The van der Waals surface area contributed by atoms with Gasteiger partial charge in [-0.2, -0.15) is 5.10 Å². The van der Waals surface area contributed by atoms with E-state index >= 15 is 0 Å². The zero-order valence-corrected chi connectivity index (χ0v) is 16.5. The maximum Gasteiger partial charge on any atom is 0.270 e. The molecule has 0 spiro atoms. The molecule has 0 saturated heterocycles. The molecule has 0 saturated carbocycles. The molecule has 150 valence electrons. The fourth-order valence-corrected chi connectivity index (χ4v) is 2.67. The molecule has 29 heavy (non-hydrogen) atoms. The molecule has 2 aromatic carbocycles. The topological polar surface area (TPSA) is 96.4 Å². The number of aromatic nitrogens is 2. The summed E-state index contributed by atoms with van der Waals surface area (Å²) in [6.07, 6.45) is 1.89. The van der Waals surface area contributed by atoms with Gasteiger partial charge in [0.25, 0.3) is 5.56 Å². The quantitative estimate of drug-likeness (QED) is 0.455. The molecule has 0 bridgehead atoms. The number of fused-ring (bicyclic) bond motifs is 1. The Kier molecular flexibility index (Phi) is 6.73. The minimum Gasteiger partial charge on any atom is -0.493 e. The number of ether oxygens (including phenoxy) is 1. The normalized spacial score (nSPS) is 11.3. The van der Waals surface area contributed by atoms with Crippen molar-refractivity contribution in [1.82, 2.24) is 15.4 Å². The molecule has 0 atom stereocenters. The molecule has 0 aliphatic carbocycles. The maximum atomic E-state index is 12.1. The summed E-state index contributed by atoms with van der Waals surface area (Å²) in [4.78, 5) is 31.3. The van der Waals surface area contributed by atoms with E-state index in [1.165, 1.54) is 0 Å². The third kappa shape index (κ3) is 5.75. The second-order valence-corrected chi connectivity index (χ2v) is 7.07. The molecule has 0 fully saturated rings. The van der Waals surface area contributed by atoms with Crippen LogP contribution in [0.15, 0.2) is 58.4 Å². The summed E-state index contributed by atoms with van der Waals surface area (Å²) in [5.41, 5.74) is 4.68. The highest BCUT2D eigenvalue weighted by molar-refractivity contribution is 5.85. The number of para-hydroxylation sites is 3. The van der Waals surface area contributed by atoms with Crippen LogP contribution < -0.4 is 15.7 Å². The Labute approximate surface area is 168 Å². The molecule has 0 unspecified atom stereocenters. The minimum absolute atomic E-state index is 0.108. The van der Waals surface area contributed by atoms with Gasteiger partial charge < -0.3 is 9.72 Å². The first-order valence-corrected chi connectivity index (χ1v) is 9.54. The number of aryl methyl sites for hydroxylation is 1. The molecule has 0 aliphatic heterocycles. The molecule has 3 rings (SSSR count). The van der Waals surface area contributed by atoms with Crippen LogP contribution in [-0.2, 0) is 11.2 Å². The van der Waals surface area contributed by atoms with Crippen LogP contribution in [0.25, 0.3) is 11.0 Å². The molecule has 0 aliphatic rings. The molecule has 3 aromatic rings. The van der Waals surface area contributed by atoms with Gasteiger partial charge in [0.15, 0.2) is 0 Å². The van der Waals surface area contributed by atoms with Gasteiger partial charge in [0.1, 0.15) is 11.4 Å². The number of nitrogens with one attached hydrogen (secondary N) is 2. The van der Waals surface area contributed by atoms with E-state index in [1.807, 2.05) is 42.5 Å². The average Bonchev–Trinajstić information content (AvgIpc) is 2.71. The summed E-state index contributed by atoms with van der Waals surface area (Å²) < 4.78 is 5.76. The molecule has 0 radical (unpaired) electrons. The van der Waals surface area contributed by atoms with Gasteiger partial charge >= 0.3 is 0 Å². The second kappa shape index (κ2) is 9.64. The van der Waals surface area contributed by atoms with Gasteiger partial charge in [-0.1, -0.05) is 38.1 Å². The van der Waals surface area contributed by atoms with E-state index in [9.17, 15) is 9.59 Å². The second-order valence-electron chi connectivity index (χ2n) is 7.07. The SMILES string of the molecule is CC(C)COc1ccccc1/C=N\NC(=O)CCc1nc2ccccc2[nH]c1=O. The Hall–Kier alpha value is -3.48. The Morgan fingerprint density at radius 1 is 1.21 bits per heavy atom. The van der Waals surface area contributed by atoms with Gasteiger partial charge in [-0.05, 0) is 30.2 Å². The number of carbonyl (C=O) groups excluding carboxylic acids is 1. The lowest BCUT2D eigenvalue weighted by Gasteiger charge is -2.10. The standard InChI is InChI=1S/C22H24N4O3/c1-15(2)14-29-20-10-6-3-7-16(20)13-23-26-21(27)12-11-19-22(28)25-18-9-5-4-8-17(18)24-19/h3-10,13,15H,11-12,14H2,1-2H3,(H,25,28)(H,26,27)/b23-13-. The van der Waals surface area contributed by atoms with Crippen molar-refractivity contribution in [2.24, 2.45) is 11.0 Å². The Morgan fingerprint density at radius 3 is 2.79 bits per heavy atom. The third-order valence-corrected chi connectivity index (χ3v) is 4.14. The monoisotopic (exact) mass is 392 g/mol. The summed E-state index contributed by atoms with van der Waals surface area (Å²) in [5, 5.41) is 4.00. The summed E-state index contributed by atoms with van der Waals surface area (Å²) in [5.74, 6) is 0.828. The fraction of sp³-hybridized carbons (Fsp3) is 0.273. The maximum absolute atomic E-state index is 12.1. The summed E-state index contributed by atoms with van der Waals surface area (Å²) in [6, 6.07) is 14.8. The van der Waals surface area contributed by atoms with Crippen molar-refractivity contribution in [3.8, 4) is 5.75 Å². The van der Waals surface area contributed by atoms with E-state index in [4.69, 9.17) is 4.74 Å². The number of H-pyrrole nitrogens is 1. The van der Waals surface area contributed by atoms with Gasteiger partial charge in [0, 0.05) is 18.4 Å². The summed E-state index contributed by atoms with van der Waals surface area (Å²) in [7, 11) is 0. The fourth-order valence-electron chi connectivity index (χ4n) is 2.67. The smallest absolute Gasteiger partial charge is 0.270 e. The Morgan fingerprint density at radius 2 is 1.97 bits per heavy atom. The molecular weight excluding hydrogens is 368 g/mol. The van der Waals surface area contributed by atoms with Crippen molar-refractivity contribution in [2.45, 2.75) is 26.7 Å². The molecule has 1 heterocycles. The van der Waals surface area contributed by atoms with Crippen molar-refractivity contribution < 1.29 is 9.53 Å². The van der Waals surface area contributed by atoms with Crippen LogP contribution in [0.5, 0.6) is 5.75 Å². The predicted molar refractivity (Wildman–Crippen MR) is 113 cm³/mol. The van der Waals surface area contributed by atoms with Crippen LogP contribution in [0, 0.1) is 5.92 Å². The van der Waals surface area contributed by atoms with Crippen molar-refractivity contribution >= 4 is 23.2 Å². The van der Waals surface area contributed by atoms with Crippen LogP contribution in [0.2, 0.25) is 0 Å². The lowest BCUT2D eigenvalue weighted by molar-refractivity contribution is -0.121. The van der Waals surface area contributed by atoms with Crippen molar-refractivity contribution in [2.75, 3.05) is 6.61 Å². The zero-order valence-electron chi connectivity index (χ0n) is 16.5. The first kappa shape index (κ1) is 20.3. The molecular formula is C22H24N4O3. The van der Waals surface area contributed by atoms with Gasteiger partial charge in [-0.15, -0.1) is 0 Å². The molecule has 1 amide bonds. The van der Waals surface area contributed by atoms with E-state index in [1.54, 1.807) is 12.3 Å². The highest BCUT2D eigenvalue weighted by Gasteiger charge is 2.08.